The van der Waals surface area contributed by atoms with Crippen molar-refractivity contribution in [2.24, 2.45) is 5.41 Å². The van der Waals surface area contributed by atoms with Crippen LogP contribution in [0, 0.1) is 5.41 Å². The molecule has 0 aliphatic heterocycles. The first-order valence-electron chi connectivity index (χ1n) is 6.85. The number of hydrogen-bond donors (Lipinski definition) is 3. The van der Waals surface area contributed by atoms with Crippen LogP contribution in [0.3, 0.4) is 0 Å². The molecule has 0 bridgehead atoms. The average molecular weight is 272 g/mol. The minimum atomic E-state index is -0.799. The molecule has 2 amide bonds. The Morgan fingerprint density at radius 3 is 2.47 bits per heavy atom. The average Bonchev–Trinajstić information content (AvgIpc) is 2.42. The van der Waals surface area contributed by atoms with Crippen molar-refractivity contribution >= 4 is 12.0 Å². The van der Waals surface area contributed by atoms with E-state index in [4.69, 9.17) is 4.74 Å². The maximum absolute atomic E-state index is 11.6. The molecule has 0 atom stereocenters. The number of methoxy groups -OCH3 is 1. The van der Waals surface area contributed by atoms with E-state index in [9.17, 15) is 14.7 Å². The summed E-state index contributed by atoms with van der Waals surface area (Å²) in [7, 11) is 1.61. The van der Waals surface area contributed by atoms with E-state index < -0.39 is 11.4 Å². The normalized spacial score (nSPS) is 17.7. The Balaban J connectivity index is 2.31. The second-order valence-corrected chi connectivity index (χ2v) is 5.10. The van der Waals surface area contributed by atoms with Crippen molar-refractivity contribution in [2.45, 2.75) is 38.5 Å². The molecule has 6 heteroatoms. The first-order valence-corrected chi connectivity index (χ1v) is 6.85. The smallest absolute Gasteiger partial charge is 0.314 e. The second-order valence-electron chi connectivity index (χ2n) is 5.10. The summed E-state index contributed by atoms with van der Waals surface area (Å²) in [6, 6.07) is -0.303. The number of carbonyl (C=O) groups is 2. The summed E-state index contributed by atoms with van der Waals surface area (Å²) in [6.07, 6.45) is 4.96. The maximum Gasteiger partial charge on any atom is 0.314 e. The molecule has 1 aliphatic carbocycles. The Bertz CT molecular complexity index is 301. The summed E-state index contributed by atoms with van der Waals surface area (Å²) in [4.78, 5) is 23.0. The topological polar surface area (TPSA) is 87.7 Å². The summed E-state index contributed by atoms with van der Waals surface area (Å²) >= 11 is 0. The van der Waals surface area contributed by atoms with Crippen LogP contribution in [0.4, 0.5) is 4.79 Å². The molecule has 110 valence electrons. The Labute approximate surface area is 113 Å². The molecule has 1 fully saturated rings. The second kappa shape index (κ2) is 7.99. The number of hydrogen-bond acceptors (Lipinski definition) is 3. The van der Waals surface area contributed by atoms with Crippen molar-refractivity contribution in [1.82, 2.24) is 10.6 Å². The molecular weight excluding hydrogens is 248 g/mol. The van der Waals surface area contributed by atoms with Crippen LogP contribution in [0.2, 0.25) is 0 Å². The van der Waals surface area contributed by atoms with Crippen LogP contribution in [0.15, 0.2) is 0 Å². The summed E-state index contributed by atoms with van der Waals surface area (Å²) in [5, 5.41) is 14.7. The van der Waals surface area contributed by atoms with Crippen molar-refractivity contribution in [1.29, 1.82) is 0 Å². The highest BCUT2D eigenvalue weighted by atomic mass is 16.5. The van der Waals surface area contributed by atoms with E-state index in [-0.39, 0.29) is 12.6 Å². The number of carboxylic acids is 1. The monoisotopic (exact) mass is 272 g/mol. The SMILES string of the molecule is COCCCNC(=O)NCC1(C(=O)O)CCCCC1. The fourth-order valence-corrected chi connectivity index (χ4v) is 2.43. The summed E-state index contributed by atoms with van der Waals surface area (Å²) < 4.78 is 4.88. The van der Waals surface area contributed by atoms with Crippen LogP contribution in [-0.2, 0) is 9.53 Å². The van der Waals surface area contributed by atoms with Gasteiger partial charge in [0, 0.05) is 26.8 Å². The highest BCUT2D eigenvalue weighted by Gasteiger charge is 2.39. The standard InChI is InChI=1S/C13H24N2O4/c1-19-9-5-8-14-12(18)15-10-13(11(16)17)6-3-2-4-7-13/h2-10H2,1H3,(H,16,17)(H2,14,15,18). The fourth-order valence-electron chi connectivity index (χ4n) is 2.43. The number of carbonyl (C=O) groups excluding carboxylic acids is 1. The molecule has 19 heavy (non-hydrogen) atoms. The minimum Gasteiger partial charge on any atom is -0.481 e. The van der Waals surface area contributed by atoms with Crippen molar-refractivity contribution < 1.29 is 19.4 Å². The Hall–Kier alpha value is -1.30. The lowest BCUT2D eigenvalue weighted by atomic mass is 9.74. The molecule has 0 aromatic carbocycles. The van der Waals surface area contributed by atoms with Crippen LogP contribution < -0.4 is 10.6 Å². The van der Waals surface area contributed by atoms with Crippen molar-refractivity contribution in [2.75, 3.05) is 26.8 Å². The Morgan fingerprint density at radius 1 is 1.21 bits per heavy atom. The molecule has 3 N–H and O–H groups in total. The van der Waals surface area contributed by atoms with E-state index in [0.717, 1.165) is 25.7 Å². The lowest BCUT2D eigenvalue weighted by Crippen LogP contribution is -2.47. The summed E-state index contributed by atoms with van der Waals surface area (Å²) in [5.74, 6) is -0.799. The van der Waals surface area contributed by atoms with Gasteiger partial charge in [0.15, 0.2) is 0 Å². The first kappa shape index (κ1) is 15.8. The zero-order valence-electron chi connectivity index (χ0n) is 11.5. The van der Waals surface area contributed by atoms with Crippen molar-refractivity contribution in [3.05, 3.63) is 0 Å². The van der Waals surface area contributed by atoms with Gasteiger partial charge in [-0.05, 0) is 19.3 Å². The predicted octanol–water partition coefficient (Wildman–Crippen LogP) is 1.36. The molecule has 6 nitrogen and oxygen atoms in total. The van der Waals surface area contributed by atoms with Crippen LogP contribution in [0.25, 0.3) is 0 Å². The molecule has 0 aromatic rings. The van der Waals surface area contributed by atoms with Crippen LogP contribution in [-0.4, -0.2) is 43.9 Å². The van der Waals surface area contributed by atoms with Gasteiger partial charge in [0.05, 0.1) is 5.41 Å². The zero-order chi connectivity index (χ0) is 14.1. The zero-order valence-corrected chi connectivity index (χ0v) is 11.5. The largest absolute Gasteiger partial charge is 0.481 e. The number of nitrogens with one attached hydrogen (secondary N) is 2. The van der Waals surface area contributed by atoms with Gasteiger partial charge in [0.1, 0.15) is 0 Å². The molecule has 0 unspecified atom stereocenters. The van der Waals surface area contributed by atoms with Gasteiger partial charge < -0.3 is 20.5 Å². The number of aliphatic carboxylic acids is 1. The maximum atomic E-state index is 11.6. The van der Waals surface area contributed by atoms with Gasteiger partial charge in [-0.25, -0.2) is 4.79 Å². The Morgan fingerprint density at radius 2 is 1.89 bits per heavy atom. The van der Waals surface area contributed by atoms with E-state index in [1.807, 2.05) is 0 Å². The third kappa shape index (κ3) is 5.06. The van der Waals surface area contributed by atoms with Gasteiger partial charge in [0.25, 0.3) is 0 Å². The molecule has 1 saturated carbocycles. The van der Waals surface area contributed by atoms with Gasteiger partial charge in [-0.1, -0.05) is 19.3 Å². The highest BCUT2D eigenvalue weighted by molar-refractivity contribution is 5.78. The molecule has 1 aliphatic rings. The van der Waals surface area contributed by atoms with Crippen LogP contribution in [0.5, 0.6) is 0 Å². The summed E-state index contributed by atoms with van der Waals surface area (Å²) in [6.45, 7) is 1.33. The number of rotatable bonds is 7. The molecule has 0 heterocycles. The number of urea groups is 1. The van der Waals surface area contributed by atoms with E-state index >= 15 is 0 Å². The van der Waals surface area contributed by atoms with Gasteiger partial charge in [-0.15, -0.1) is 0 Å². The molecule has 1 rings (SSSR count). The van der Waals surface area contributed by atoms with Crippen LogP contribution in [0.1, 0.15) is 38.5 Å². The van der Waals surface area contributed by atoms with E-state index in [1.165, 1.54) is 0 Å². The molecule has 0 aromatic heterocycles. The number of amides is 2. The number of ether oxygens (including phenoxy) is 1. The van der Waals surface area contributed by atoms with E-state index in [0.29, 0.717) is 26.0 Å². The van der Waals surface area contributed by atoms with Crippen LogP contribution >= 0.6 is 0 Å². The van der Waals surface area contributed by atoms with E-state index in [1.54, 1.807) is 7.11 Å². The lowest BCUT2D eigenvalue weighted by molar-refractivity contribution is -0.150. The van der Waals surface area contributed by atoms with E-state index in [2.05, 4.69) is 10.6 Å². The highest BCUT2D eigenvalue weighted by Crippen LogP contribution is 2.35. The van der Waals surface area contributed by atoms with Gasteiger partial charge in [-0.2, -0.15) is 0 Å². The molecule has 0 radical (unpaired) electrons. The third-order valence-electron chi connectivity index (χ3n) is 3.66. The number of carboxylic acid groups (broad SMARTS) is 1. The quantitative estimate of drug-likeness (QED) is 0.611. The lowest BCUT2D eigenvalue weighted by Gasteiger charge is -2.33. The Kier molecular flexibility index (Phi) is 6.62. The van der Waals surface area contributed by atoms with Gasteiger partial charge in [0.2, 0.25) is 0 Å². The third-order valence-corrected chi connectivity index (χ3v) is 3.66. The molecule has 0 saturated heterocycles. The molecule has 0 spiro atoms. The molecular formula is C13H24N2O4. The summed E-state index contributed by atoms with van der Waals surface area (Å²) in [5.41, 5.74) is -0.776. The first-order chi connectivity index (χ1) is 9.10. The van der Waals surface area contributed by atoms with Crippen molar-refractivity contribution in [3.63, 3.8) is 0 Å². The fraction of sp³-hybridized carbons (Fsp3) is 0.846. The minimum absolute atomic E-state index is 0.207. The van der Waals surface area contributed by atoms with Crippen molar-refractivity contribution in [3.8, 4) is 0 Å². The van der Waals surface area contributed by atoms with Gasteiger partial charge in [-0.3, -0.25) is 4.79 Å². The predicted molar refractivity (Wildman–Crippen MR) is 71.0 cm³/mol. The van der Waals surface area contributed by atoms with Gasteiger partial charge >= 0.3 is 12.0 Å².